The number of carbonyl (C=O) groups excluding carboxylic acids is 1. The number of hydrogen-bond acceptors (Lipinski definition) is 5. The zero-order valence-corrected chi connectivity index (χ0v) is 16.1. The fourth-order valence-electron chi connectivity index (χ4n) is 3.74. The van der Waals surface area contributed by atoms with E-state index in [1.165, 1.54) is 16.2 Å². The van der Waals surface area contributed by atoms with Gasteiger partial charge in [0.25, 0.3) is 5.91 Å². The Kier molecular flexibility index (Phi) is 4.17. The first-order chi connectivity index (χ1) is 14.1. The number of furan rings is 1. The van der Waals surface area contributed by atoms with Crippen LogP contribution in [0.15, 0.2) is 65.1 Å². The normalized spacial score (nSPS) is 16.0. The first-order valence-corrected chi connectivity index (χ1v) is 10.0. The van der Waals surface area contributed by atoms with Gasteiger partial charge in [-0.15, -0.1) is 11.3 Å². The van der Waals surface area contributed by atoms with Crippen LogP contribution in [-0.2, 0) is 11.2 Å². The van der Waals surface area contributed by atoms with Gasteiger partial charge in [0.15, 0.2) is 22.6 Å². The van der Waals surface area contributed by atoms with Gasteiger partial charge in [0, 0.05) is 6.54 Å². The Morgan fingerprint density at radius 1 is 1.07 bits per heavy atom. The molecular formula is C22H16N2O4S. The minimum atomic E-state index is -1.05. The largest absolute Gasteiger partial charge is 0.479 e. The molecule has 1 amide bonds. The predicted molar refractivity (Wildman–Crippen MR) is 109 cm³/mol. The highest BCUT2D eigenvalue weighted by Gasteiger charge is 2.37. The van der Waals surface area contributed by atoms with Gasteiger partial charge in [-0.05, 0) is 41.8 Å². The molecule has 5 rings (SSSR count). The summed E-state index contributed by atoms with van der Waals surface area (Å²) in [6, 6.07) is 17.4. The lowest BCUT2D eigenvalue weighted by Crippen LogP contribution is -2.43. The predicted octanol–water partition coefficient (Wildman–Crippen LogP) is 4.38. The van der Waals surface area contributed by atoms with Gasteiger partial charge in [0.2, 0.25) is 0 Å². The average molecular weight is 404 g/mol. The van der Waals surface area contributed by atoms with E-state index in [2.05, 4.69) is 4.98 Å². The maximum Gasteiger partial charge on any atom is 0.331 e. The molecule has 0 bridgehead atoms. The van der Waals surface area contributed by atoms with Gasteiger partial charge in [-0.2, -0.15) is 0 Å². The number of rotatable bonds is 3. The molecule has 1 aliphatic rings. The highest BCUT2D eigenvalue weighted by molar-refractivity contribution is 7.21. The van der Waals surface area contributed by atoms with Crippen LogP contribution in [0.2, 0.25) is 0 Å². The molecule has 2 aromatic heterocycles. The van der Waals surface area contributed by atoms with Crippen LogP contribution in [0.5, 0.6) is 0 Å². The summed E-state index contributed by atoms with van der Waals surface area (Å²) < 4.78 is 6.83. The molecule has 0 fully saturated rings. The second-order valence-electron chi connectivity index (χ2n) is 6.84. The fraction of sp³-hybridized carbons (Fsp3) is 0.136. The number of benzene rings is 2. The zero-order chi connectivity index (χ0) is 20.0. The number of hydrogen-bond donors (Lipinski definition) is 1. The quantitative estimate of drug-likeness (QED) is 0.548. The van der Waals surface area contributed by atoms with Crippen LogP contribution in [0.1, 0.15) is 27.7 Å². The van der Waals surface area contributed by atoms with Crippen LogP contribution < -0.4 is 0 Å². The number of nitrogens with zero attached hydrogens (tertiary/aromatic N) is 2. The van der Waals surface area contributed by atoms with Crippen molar-refractivity contribution in [2.24, 2.45) is 0 Å². The summed E-state index contributed by atoms with van der Waals surface area (Å²) in [5.41, 5.74) is 2.48. The van der Waals surface area contributed by atoms with Crippen molar-refractivity contribution in [3.63, 3.8) is 0 Å². The van der Waals surface area contributed by atoms with Gasteiger partial charge in [-0.25, -0.2) is 9.78 Å². The number of aromatic nitrogens is 1. The van der Waals surface area contributed by atoms with E-state index >= 15 is 0 Å². The molecule has 1 atom stereocenters. The monoisotopic (exact) mass is 404 g/mol. The average Bonchev–Trinajstić information content (AvgIpc) is 3.39. The van der Waals surface area contributed by atoms with Gasteiger partial charge in [0.1, 0.15) is 0 Å². The zero-order valence-electron chi connectivity index (χ0n) is 15.2. The van der Waals surface area contributed by atoms with Crippen molar-refractivity contribution in [1.82, 2.24) is 9.88 Å². The van der Waals surface area contributed by atoms with Crippen molar-refractivity contribution in [2.45, 2.75) is 12.5 Å². The summed E-state index contributed by atoms with van der Waals surface area (Å²) in [5, 5.41) is 10.5. The minimum Gasteiger partial charge on any atom is -0.479 e. The second-order valence-corrected chi connectivity index (χ2v) is 7.87. The van der Waals surface area contributed by atoms with E-state index < -0.39 is 17.9 Å². The molecule has 4 aromatic rings. The fourth-order valence-corrected chi connectivity index (χ4v) is 4.67. The summed E-state index contributed by atoms with van der Waals surface area (Å²) >= 11 is 1.48. The van der Waals surface area contributed by atoms with Gasteiger partial charge in [-0.3, -0.25) is 4.79 Å². The van der Waals surface area contributed by atoms with Crippen molar-refractivity contribution >= 4 is 33.4 Å². The SMILES string of the molecule is O=C(O)C1c2ccccc2CCN1C(=O)c1ccc(-c2nc3ccccc3s2)o1. The summed E-state index contributed by atoms with van der Waals surface area (Å²) in [4.78, 5) is 31.0. The van der Waals surface area contributed by atoms with Gasteiger partial charge >= 0.3 is 5.97 Å². The van der Waals surface area contributed by atoms with E-state index in [0.29, 0.717) is 29.3 Å². The Morgan fingerprint density at radius 2 is 1.86 bits per heavy atom. The molecule has 7 heteroatoms. The first-order valence-electron chi connectivity index (χ1n) is 9.19. The van der Waals surface area contributed by atoms with Gasteiger partial charge in [-0.1, -0.05) is 36.4 Å². The van der Waals surface area contributed by atoms with Crippen molar-refractivity contribution < 1.29 is 19.1 Å². The molecule has 3 heterocycles. The molecule has 0 saturated heterocycles. The molecule has 1 unspecified atom stereocenters. The molecule has 1 N–H and O–H groups in total. The van der Waals surface area contributed by atoms with Crippen LogP contribution >= 0.6 is 11.3 Å². The maximum absolute atomic E-state index is 13.1. The van der Waals surface area contributed by atoms with Crippen LogP contribution in [0.25, 0.3) is 21.0 Å². The summed E-state index contributed by atoms with van der Waals surface area (Å²) in [7, 11) is 0. The molecule has 0 aliphatic carbocycles. The van der Waals surface area contributed by atoms with Gasteiger partial charge < -0.3 is 14.4 Å². The van der Waals surface area contributed by atoms with Crippen molar-refractivity contribution in [2.75, 3.05) is 6.54 Å². The Morgan fingerprint density at radius 3 is 2.69 bits per heavy atom. The number of fused-ring (bicyclic) bond motifs is 2. The van der Waals surface area contributed by atoms with E-state index in [0.717, 1.165) is 15.8 Å². The molecule has 0 saturated carbocycles. The molecule has 1 aliphatic heterocycles. The van der Waals surface area contributed by atoms with Gasteiger partial charge in [0.05, 0.1) is 10.2 Å². The molecule has 6 nitrogen and oxygen atoms in total. The highest BCUT2D eigenvalue weighted by Crippen LogP contribution is 2.34. The smallest absolute Gasteiger partial charge is 0.331 e. The van der Waals surface area contributed by atoms with Crippen molar-refractivity contribution in [3.8, 4) is 10.8 Å². The summed E-state index contributed by atoms with van der Waals surface area (Å²) in [5.74, 6) is -0.869. The topological polar surface area (TPSA) is 83.6 Å². The lowest BCUT2D eigenvalue weighted by molar-refractivity contribution is -0.143. The standard InChI is InChI=1S/C22H16N2O4S/c25-21(24-12-11-13-5-1-2-6-14(13)19(24)22(26)27)17-10-9-16(28-17)20-23-15-7-3-4-8-18(15)29-20/h1-10,19H,11-12H2,(H,26,27). The van der Waals surface area contributed by atoms with Crippen molar-refractivity contribution in [1.29, 1.82) is 0 Å². The third-order valence-electron chi connectivity index (χ3n) is 5.10. The van der Waals surface area contributed by atoms with Crippen LogP contribution in [0.3, 0.4) is 0 Å². The summed E-state index contributed by atoms with van der Waals surface area (Å²) in [6.45, 7) is 0.323. The summed E-state index contributed by atoms with van der Waals surface area (Å²) in [6.07, 6.45) is 0.608. The number of carbonyl (C=O) groups is 2. The number of thiazole rings is 1. The van der Waals surface area contributed by atoms with E-state index in [1.54, 1.807) is 24.3 Å². The first kappa shape index (κ1) is 17.6. The molecule has 144 valence electrons. The lowest BCUT2D eigenvalue weighted by Gasteiger charge is -2.34. The van der Waals surface area contributed by atoms with Crippen molar-refractivity contribution in [3.05, 3.63) is 77.6 Å². The Labute approximate surface area is 170 Å². The third kappa shape index (κ3) is 3.00. The van der Waals surface area contributed by atoms with E-state index in [-0.39, 0.29) is 5.76 Å². The number of carboxylic acid groups (broad SMARTS) is 1. The van der Waals surface area contributed by atoms with Crippen LogP contribution in [-0.4, -0.2) is 33.4 Å². The molecule has 0 spiro atoms. The Bertz CT molecular complexity index is 1210. The molecule has 29 heavy (non-hydrogen) atoms. The van der Waals surface area contributed by atoms with E-state index in [9.17, 15) is 14.7 Å². The highest BCUT2D eigenvalue weighted by atomic mass is 32.1. The Hall–Kier alpha value is -3.45. The van der Waals surface area contributed by atoms with E-state index in [1.807, 2.05) is 36.4 Å². The second kappa shape index (κ2) is 6.86. The van der Waals surface area contributed by atoms with E-state index in [4.69, 9.17) is 4.42 Å². The number of aliphatic carboxylic acids is 1. The lowest BCUT2D eigenvalue weighted by atomic mass is 9.92. The number of para-hydroxylation sites is 1. The molecule has 0 radical (unpaired) electrons. The Balaban J connectivity index is 1.47. The van der Waals surface area contributed by atoms with Crippen LogP contribution in [0, 0.1) is 0 Å². The number of carboxylic acids is 1. The molecule has 2 aromatic carbocycles. The van der Waals surface area contributed by atoms with Crippen LogP contribution in [0.4, 0.5) is 0 Å². The minimum absolute atomic E-state index is 0.116. The number of amides is 1. The molecular weight excluding hydrogens is 388 g/mol. The maximum atomic E-state index is 13.1. The third-order valence-corrected chi connectivity index (χ3v) is 6.15.